The third-order valence-corrected chi connectivity index (χ3v) is 29.0. The van der Waals surface area contributed by atoms with Crippen LogP contribution in [-0.4, -0.2) is 33.4 Å². The number of rotatable bonds is 15. The number of fused-ring (bicyclic) bond motifs is 3. The summed E-state index contributed by atoms with van der Waals surface area (Å²) in [7, 11) is -1.78. The number of nitrogens with one attached hydrogen (secondary N) is 2. The van der Waals surface area contributed by atoms with Gasteiger partial charge in [0.25, 0.3) is 0 Å². The molecule has 0 bridgehead atoms. The van der Waals surface area contributed by atoms with E-state index in [1.54, 1.807) is 24.8 Å². The number of ether oxygens (including phenoxy) is 2. The minimum Gasteiger partial charge on any atom is -0.456 e. The summed E-state index contributed by atoms with van der Waals surface area (Å²) in [6, 6.07) is 150. The number of carbonyl (C=O) groups excluding carboxylic acids is 2. The number of pyridine rings is 2. The van der Waals surface area contributed by atoms with Gasteiger partial charge in [0, 0.05) is 88.2 Å². The van der Waals surface area contributed by atoms with Gasteiger partial charge in [0.1, 0.15) is 22.5 Å². The Kier molecular flexibility index (Phi) is 33.6. The third-order valence-electron chi connectivity index (χ3n) is 18.6. The molecule has 18 aromatic rings. The average molecular weight is 1840 g/mol. The molecule has 0 aliphatic heterocycles. The SMILES string of the molecule is CC(C)(C)OC(=O)Nc1ccc2cncc(-c3cc4ccccc4o3)c2c1.CC(C)(C)OC(=O)Nc1ccc2cncc(Br)c2c1.[Pd].c1ccc(P(c2ccccc2)c2ccccc2)cc1.c1ccc(P(c2ccccc2)c2ccccc2)cc1.c1ccc(P(c2ccccc2)c2ccccc2)cc1.c1ccc(P(c2ccccc2)c2ccccc2)cc1. The molecule has 0 aliphatic carbocycles. The Morgan fingerprint density at radius 1 is 0.285 bits per heavy atom. The van der Waals surface area contributed by atoms with E-state index in [0.29, 0.717) is 11.4 Å². The van der Waals surface area contributed by atoms with E-state index in [9.17, 15) is 9.59 Å². The van der Waals surface area contributed by atoms with E-state index >= 15 is 0 Å². The molecule has 0 aliphatic rings. The summed E-state index contributed by atoms with van der Waals surface area (Å²) in [6.45, 7) is 11.0. The summed E-state index contributed by atoms with van der Waals surface area (Å²) in [6.07, 6.45) is 6.12. The maximum absolute atomic E-state index is 12.1. The van der Waals surface area contributed by atoms with Gasteiger partial charge in [0.05, 0.1) is 0 Å². The van der Waals surface area contributed by atoms with Crippen molar-refractivity contribution in [3.8, 4) is 11.3 Å². The van der Waals surface area contributed by atoms with E-state index < -0.39 is 55.1 Å². The zero-order chi connectivity index (χ0) is 84.7. The van der Waals surface area contributed by atoms with E-state index in [-0.39, 0.29) is 20.4 Å². The van der Waals surface area contributed by atoms with Gasteiger partial charge in [0.15, 0.2) is 0 Å². The number of amides is 2. The van der Waals surface area contributed by atoms with E-state index in [0.717, 1.165) is 48.3 Å². The van der Waals surface area contributed by atoms with Crippen molar-refractivity contribution in [3.63, 3.8) is 0 Å². The maximum atomic E-state index is 12.1. The van der Waals surface area contributed by atoms with Crippen LogP contribution >= 0.6 is 47.6 Å². The molecule has 0 saturated carbocycles. The van der Waals surface area contributed by atoms with Crippen LogP contribution in [0.15, 0.2) is 464 Å². The predicted octanol–water partition coefficient (Wildman–Crippen LogP) is 24.1. The van der Waals surface area contributed by atoms with Crippen LogP contribution in [0.5, 0.6) is 0 Å². The molecule has 0 fully saturated rings. The second-order valence-corrected chi connectivity index (χ2v) is 39.7. The van der Waals surface area contributed by atoms with Gasteiger partial charge in [-0.1, -0.05) is 394 Å². The van der Waals surface area contributed by atoms with E-state index in [1.807, 2.05) is 108 Å². The second-order valence-electron chi connectivity index (χ2n) is 30.0. The molecule has 123 heavy (non-hydrogen) atoms. The van der Waals surface area contributed by atoms with Crippen molar-refractivity contribution < 1.29 is 43.9 Å². The topological polar surface area (TPSA) is 116 Å². The minimum absolute atomic E-state index is 0. The number of carbonyl (C=O) groups is 2. The van der Waals surface area contributed by atoms with Crippen LogP contribution in [0, 0.1) is 0 Å². The van der Waals surface area contributed by atoms with Crippen molar-refractivity contribution in [2.24, 2.45) is 0 Å². The summed E-state index contributed by atoms with van der Waals surface area (Å²) in [4.78, 5) is 32.2. The van der Waals surface area contributed by atoms with Crippen LogP contribution in [0.4, 0.5) is 21.0 Å². The number of benzene rings is 15. The minimum atomic E-state index is -0.551. The molecule has 0 atom stereocenters. The Hall–Kier alpha value is -11.9. The molecule has 15 heteroatoms. The standard InChI is InChI=1S/C22H20N2O3.4C18H15P.C14H15BrN2O2.Pd/c1-22(2,3)27-21(25)24-16-9-8-15-12-23-13-18(17(15)11-16)20-10-14-6-4-5-7-19(14)26-20;4*1-4-10-16(11-5-1)19(17-12-6-2-7-13-17)18-14-8-3-9-15-18;1-14(2,3)19-13(18)17-10-5-4-9-7-16-8-12(15)11(9)6-10;/h4-13H,1-3H3,(H,24,25);4*1-15H;4-8H,1-3H3,(H,17,18);. The van der Waals surface area contributed by atoms with Crippen LogP contribution in [0.2, 0.25) is 0 Å². The summed E-state index contributed by atoms with van der Waals surface area (Å²) >= 11 is 3.44. The van der Waals surface area contributed by atoms with Crippen molar-refractivity contribution >= 4 is 167 Å². The van der Waals surface area contributed by atoms with Gasteiger partial charge in [-0.05, 0) is 195 Å². The normalized spacial score (nSPS) is 10.9. The molecule has 3 heterocycles. The van der Waals surface area contributed by atoms with E-state index in [1.165, 1.54) is 63.7 Å². The van der Waals surface area contributed by atoms with Gasteiger partial charge in [-0.25, -0.2) is 9.59 Å². The van der Waals surface area contributed by atoms with Gasteiger partial charge in [-0.15, -0.1) is 0 Å². The Bertz CT molecular complexity index is 5340. The van der Waals surface area contributed by atoms with Crippen LogP contribution < -0.4 is 74.3 Å². The summed E-state index contributed by atoms with van der Waals surface area (Å²) in [5, 5.41) is 27.2. The molecule has 0 radical (unpaired) electrons. The van der Waals surface area contributed by atoms with Crippen molar-refractivity contribution in [1.29, 1.82) is 0 Å². The Morgan fingerprint density at radius 2 is 0.520 bits per heavy atom. The van der Waals surface area contributed by atoms with Gasteiger partial charge in [-0.3, -0.25) is 20.6 Å². The summed E-state index contributed by atoms with van der Waals surface area (Å²) in [5.41, 5.74) is 1.98. The molecular weight excluding hydrogens is 1740 g/mol. The molecule has 0 unspecified atom stereocenters. The zero-order valence-corrected chi connectivity index (χ0v) is 75.9. The first-order valence-electron chi connectivity index (χ1n) is 40.3. The molecule has 18 rings (SSSR count). The number of halogens is 1. The number of aromatic nitrogens is 2. The van der Waals surface area contributed by atoms with Gasteiger partial charge >= 0.3 is 12.2 Å². The van der Waals surface area contributed by atoms with Crippen molar-refractivity contribution in [1.82, 2.24) is 9.97 Å². The molecule has 0 spiro atoms. The monoisotopic (exact) mass is 1840 g/mol. The molecule has 614 valence electrons. The van der Waals surface area contributed by atoms with Crippen LogP contribution in [0.25, 0.3) is 43.8 Å². The number of nitrogens with zero attached hydrogens (tertiary/aromatic N) is 2. The van der Waals surface area contributed by atoms with Crippen molar-refractivity contribution in [3.05, 3.63) is 460 Å². The fourth-order valence-electron chi connectivity index (χ4n) is 13.3. The number of anilines is 2. The smallest absolute Gasteiger partial charge is 0.412 e. The fraction of sp³-hybridized carbons (Fsp3) is 0.0741. The quantitative estimate of drug-likeness (QED) is 0.0776. The van der Waals surface area contributed by atoms with Gasteiger partial charge in [-0.2, -0.15) is 0 Å². The second kappa shape index (κ2) is 45.8. The summed E-state index contributed by atoms with van der Waals surface area (Å²) in [5.74, 6) is 0.740. The van der Waals surface area contributed by atoms with Crippen LogP contribution in [0.3, 0.4) is 0 Å². The molecule has 15 aromatic carbocycles. The number of hydrogen-bond acceptors (Lipinski definition) is 7. The number of hydrogen-bond donors (Lipinski definition) is 2. The molecule has 9 nitrogen and oxygen atoms in total. The molecule has 2 N–H and O–H groups in total. The molecule has 0 saturated heterocycles. The fourth-order valence-corrected chi connectivity index (χ4v) is 23.0. The largest absolute Gasteiger partial charge is 0.456 e. The third kappa shape index (κ3) is 26.8. The Labute approximate surface area is 749 Å². The van der Waals surface area contributed by atoms with Crippen molar-refractivity contribution in [2.45, 2.75) is 52.7 Å². The van der Waals surface area contributed by atoms with Gasteiger partial charge in [0.2, 0.25) is 0 Å². The first-order valence-corrected chi connectivity index (χ1v) is 46.4. The van der Waals surface area contributed by atoms with Crippen LogP contribution in [0.1, 0.15) is 41.5 Å². The van der Waals surface area contributed by atoms with Crippen molar-refractivity contribution in [2.75, 3.05) is 10.6 Å². The van der Waals surface area contributed by atoms with Gasteiger partial charge < -0.3 is 13.9 Å². The first-order chi connectivity index (χ1) is 59.5. The zero-order valence-electron chi connectivity index (χ0n) is 69.2. The summed E-state index contributed by atoms with van der Waals surface area (Å²) < 4.78 is 17.4. The first kappa shape index (κ1) is 90.3. The molecule has 3 aromatic heterocycles. The van der Waals surface area contributed by atoms with Crippen LogP contribution in [-0.2, 0) is 29.9 Å². The Balaban J connectivity index is 0.000000135. The maximum Gasteiger partial charge on any atom is 0.412 e. The number of para-hydroxylation sites is 1. The average Bonchev–Trinajstić information content (AvgIpc) is 1.70. The van der Waals surface area contributed by atoms with E-state index in [2.05, 4.69) is 401 Å². The predicted molar refractivity (Wildman–Crippen MR) is 527 cm³/mol. The van der Waals surface area contributed by atoms with E-state index in [4.69, 9.17) is 13.9 Å². The number of furan rings is 1. The molecule has 2 amide bonds. The molecular formula is C108H95BrN4O5P4Pd. The Morgan fingerprint density at radius 3 is 0.780 bits per heavy atom.